The Morgan fingerprint density at radius 2 is 1.70 bits per heavy atom. The molecule has 4 amide bonds. The lowest BCUT2D eigenvalue weighted by Gasteiger charge is -2.38. The Morgan fingerprint density at radius 1 is 0.979 bits per heavy atom. The lowest BCUT2D eigenvalue weighted by atomic mass is 9.92. The van der Waals surface area contributed by atoms with Gasteiger partial charge >= 0.3 is 6.03 Å². The summed E-state index contributed by atoms with van der Waals surface area (Å²) in [5, 5.41) is 2.56. The fourth-order valence-corrected chi connectivity index (χ4v) is 8.97. The molecule has 0 aliphatic carbocycles. The third-order valence-electron chi connectivity index (χ3n) is 10.4. The number of para-hydroxylation sites is 2. The first-order valence-electron chi connectivity index (χ1n) is 17.4. The van der Waals surface area contributed by atoms with Gasteiger partial charge in [-0.25, -0.2) is 4.79 Å². The van der Waals surface area contributed by atoms with E-state index in [0.29, 0.717) is 32.2 Å². The van der Waals surface area contributed by atoms with Gasteiger partial charge in [0, 0.05) is 76.1 Å². The Balaban J connectivity index is 0.00000451. The molecular formula is C37H54N6O3S. The predicted molar refractivity (Wildman–Crippen MR) is 193 cm³/mol. The zero-order chi connectivity index (χ0) is 33.3. The van der Waals surface area contributed by atoms with E-state index < -0.39 is 5.25 Å². The highest BCUT2D eigenvalue weighted by atomic mass is 32.2. The lowest BCUT2D eigenvalue weighted by Crippen LogP contribution is -2.50. The zero-order valence-electron chi connectivity index (χ0n) is 28.8. The number of carbonyl (C=O) groups excluding carboxylic acids is 3. The van der Waals surface area contributed by atoms with Crippen molar-refractivity contribution in [3.8, 4) is 0 Å². The summed E-state index contributed by atoms with van der Waals surface area (Å²) in [6.45, 7) is 11.2. The molecule has 4 aliphatic rings. The number of rotatable bonds is 8. The van der Waals surface area contributed by atoms with Crippen LogP contribution in [0.15, 0.2) is 48.5 Å². The lowest BCUT2D eigenvalue weighted by molar-refractivity contribution is -0.137. The van der Waals surface area contributed by atoms with Crippen molar-refractivity contribution in [2.45, 2.75) is 82.0 Å². The Kier molecular flexibility index (Phi) is 10.1. The molecule has 4 aliphatic heterocycles. The molecule has 0 saturated carbocycles. The number of hydrogen-bond acceptors (Lipinski definition) is 6. The number of hydrogen-bond donors (Lipinski definition) is 1. The van der Waals surface area contributed by atoms with Gasteiger partial charge in [0.1, 0.15) is 5.37 Å². The number of fused-ring (bicyclic) bond motifs is 1. The number of benzene rings is 2. The summed E-state index contributed by atoms with van der Waals surface area (Å²) in [5.74, 6) is 0.121. The molecule has 47 heavy (non-hydrogen) atoms. The van der Waals surface area contributed by atoms with Gasteiger partial charge in [0.15, 0.2) is 0 Å². The first-order chi connectivity index (χ1) is 22.5. The summed E-state index contributed by atoms with van der Waals surface area (Å²) in [4.78, 5) is 51.6. The van der Waals surface area contributed by atoms with Crippen molar-refractivity contribution in [3.63, 3.8) is 0 Å². The fourth-order valence-electron chi connectivity index (χ4n) is 7.47. The highest BCUT2D eigenvalue weighted by Gasteiger charge is 2.44. The maximum atomic E-state index is 14.1. The highest BCUT2D eigenvalue weighted by molar-refractivity contribution is 8.01. The van der Waals surface area contributed by atoms with Crippen LogP contribution in [0.1, 0.15) is 70.8 Å². The van der Waals surface area contributed by atoms with Gasteiger partial charge in [-0.05, 0) is 69.3 Å². The van der Waals surface area contributed by atoms with Crippen molar-refractivity contribution < 1.29 is 15.8 Å². The number of amides is 4. The second-order valence-electron chi connectivity index (χ2n) is 15.1. The molecule has 256 valence electrons. The molecule has 4 heterocycles. The minimum absolute atomic E-state index is 0. The molecule has 3 atom stereocenters. The van der Waals surface area contributed by atoms with E-state index in [0.717, 1.165) is 56.4 Å². The van der Waals surface area contributed by atoms with Crippen LogP contribution in [-0.4, -0.2) is 108 Å². The van der Waals surface area contributed by atoms with Crippen LogP contribution >= 0.6 is 11.8 Å². The quantitative estimate of drug-likeness (QED) is 0.378. The first kappa shape index (κ1) is 33.7. The van der Waals surface area contributed by atoms with Crippen LogP contribution in [0.25, 0.3) is 0 Å². The number of nitrogens with zero attached hydrogens (tertiary/aromatic N) is 5. The third kappa shape index (κ3) is 7.59. The van der Waals surface area contributed by atoms with Crippen LogP contribution in [-0.2, 0) is 16.0 Å². The van der Waals surface area contributed by atoms with E-state index in [1.54, 1.807) is 11.8 Å². The summed E-state index contributed by atoms with van der Waals surface area (Å²) in [7, 11) is 4.30. The van der Waals surface area contributed by atoms with E-state index in [-0.39, 0.29) is 42.5 Å². The highest BCUT2D eigenvalue weighted by Crippen LogP contribution is 2.48. The molecule has 2 aromatic rings. The first-order valence-corrected chi connectivity index (χ1v) is 18.3. The standard InChI is InChI=1S/C37H52N6O3S.H2/c1-37(2,3)18-23-43-34(45)32(47-35(43)29-11-7-9-13-31(29)41-21-17-28(25-41)39(4)5)24-33(44)40-19-15-27(16-20-40)42-22-14-26-10-6-8-12-30(26)38-36(42)46;/h6-13,27-28,32,35H,14-25H2,1-5H3,(H,38,46);1H/t28-,32?,35?;/m0./s1. The monoisotopic (exact) mass is 662 g/mol. The van der Waals surface area contributed by atoms with E-state index in [1.165, 1.54) is 11.3 Å². The van der Waals surface area contributed by atoms with Crippen LogP contribution in [0.2, 0.25) is 0 Å². The SMILES string of the molecule is CN(C)[C@H]1CCN(c2ccccc2C2SC(CC(=O)N3CCC(N4CCc5ccccc5NC4=O)CC3)C(=O)N2CCC(C)(C)C)C1.[HH]. The van der Waals surface area contributed by atoms with Gasteiger partial charge in [0.05, 0.1) is 5.25 Å². The van der Waals surface area contributed by atoms with Crippen molar-refractivity contribution in [1.29, 1.82) is 0 Å². The van der Waals surface area contributed by atoms with Gasteiger partial charge in [0.2, 0.25) is 11.8 Å². The number of likely N-dealkylation sites (tertiary alicyclic amines) is 1. The van der Waals surface area contributed by atoms with Crippen LogP contribution in [0.5, 0.6) is 0 Å². The number of anilines is 2. The maximum Gasteiger partial charge on any atom is 0.322 e. The van der Waals surface area contributed by atoms with Crippen molar-refractivity contribution in [2.24, 2.45) is 5.41 Å². The average Bonchev–Trinajstić information content (AvgIpc) is 3.61. The molecule has 0 aromatic heterocycles. The second-order valence-corrected chi connectivity index (χ2v) is 16.4. The molecule has 0 bridgehead atoms. The molecule has 3 fully saturated rings. The van der Waals surface area contributed by atoms with E-state index in [9.17, 15) is 14.4 Å². The predicted octanol–water partition coefficient (Wildman–Crippen LogP) is 5.92. The number of nitrogens with one attached hydrogen (secondary N) is 1. The Hall–Kier alpha value is -3.24. The Bertz CT molecular complexity index is 1460. The topological polar surface area (TPSA) is 79.4 Å². The van der Waals surface area contributed by atoms with E-state index in [1.807, 2.05) is 32.9 Å². The van der Waals surface area contributed by atoms with Crippen molar-refractivity contribution in [3.05, 3.63) is 59.7 Å². The van der Waals surface area contributed by atoms with Crippen LogP contribution in [0.4, 0.5) is 16.2 Å². The molecule has 6 rings (SSSR count). The summed E-state index contributed by atoms with van der Waals surface area (Å²) in [5.41, 5.74) is 4.52. The molecule has 9 nitrogen and oxygen atoms in total. The normalized spacial score (nSPS) is 24.2. The molecule has 3 saturated heterocycles. The van der Waals surface area contributed by atoms with Gasteiger partial charge < -0.3 is 29.8 Å². The maximum absolute atomic E-state index is 14.1. The second kappa shape index (κ2) is 14.1. The molecule has 0 spiro atoms. The van der Waals surface area contributed by atoms with Crippen molar-refractivity contribution in [1.82, 2.24) is 19.6 Å². The van der Waals surface area contributed by atoms with E-state index >= 15 is 0 Å². The third-order valence-corrected chi connectivity index (χ3v) is 11.9. The van der Waals surface area contributed by atoms with Crippen LogP contribution < -0.4 is 10.2 Å². The van der Waals surface area contributed by atoms with Crippen LogP contribution in [0, 0.1) is 5.41 Å². The summed E-state index contributed by atoms with van der Waals surface area (Å²) < 4.78 is 0. The molecular weight excluding hydrogens is 609 g/mol. The Labute approximate surface area is 286 Å². The van der Waals surface area contributed by atoms with Gasteiger partial charge in [0.25, 0.3) is 0 Å². The number of urea groups is 1. The van der Waals surface area contributed by atoms with Gasteiger partial charge in [-0.2, -0.15) is 0 Å². The number of likely N-dealkylation sites (N-methyl/N-ethyl adjacent to an activating group) is 1. The number of piperidine rings is 1. The van der Waals surface area contributed by atoms with Gasteiger partial charge in [-0.3, -0.25) is 9.59 Å². The number of thioether (sulfide) groups is 1. The van der Waals surface area contributed by atoms with Gasteiger partial charge in [-0.1, -0.05) is 57.2 Å². The minimum Gasteiger partial charge on any atom is -0.370 e. The fraction of sp³-hybridized carbons (Fsp3) is 0.595. The number of carbonyl (C=O) groups is 3. The van der Waals surface area contributed by atoms with Crippen molar-refractivity contribution >= 4 is 41.0 Å². The summed E-state index contributed by atoms with van der Waals surface area (Å²) >= 11 is 1.65. The molecule has 10 heteroatoms. The van der Waals surface area contributed by atoms with Crippen molar-refractivity contribution in [2.75, 3.05) is 63.6 Å². The van der Waals surface area contributed by atoms with E-state index in [4.69, 9.17) is 0 Å². The molecule has 1 N–H and O–H groups in total. The Morgan fingerprint density at radius 3 is 2.43 bits per heavy atom. The van der Waals surface area contributed by atoms with Gasteiger partial charge in [-0.15, -0.1) is 11.8 Å². The zero-order valence-corrected chi connectivity index (χ0v) is 29.6. The average molecular weight is 663 g/mol. The molecule has 2 unspecified atom stereocenters. The largest absolute Gasteiger partial charge is 0.370 e. The smallest absolute Gasteiger partial charge is 0.322 e. The summed E-state index contributed by atoms with van der Waals surface area (Å²) in [6.07, 6.45) is 4.55. The summed E-state index contributed by atoms with van der Waals surface area (Å²) in [6, 6.07) is 17.1. The van der Waals surface area contributed by atoms with Crippen LogP contribution in [0.3, 0.4) is 0 Å². The molecule has 2 aromatic carbocycles. The minimum atomic E-state index is -0.402. The molecule has 0 radical (unpaired) electrons. The van der Waals surface area contributed by atoms with E-state index in [2.05, 4.69) is 80.3 Å².